The van der Waals surface area contributed by atoms with Crippen molar-refractivity contribution in [3.05, 3.63) is 75.6 Å². The molecule has 54 heavy (non-hydrogen) atoms. The lowest BCUT2D eigenvalue weighted by Gasteiger charge is -2.23. The molecule has 3 amide bonds. The number of hydrogen-bond donors (Lipinski definition) is 3. The number of methoxy groups -OCH3 is 1. The molecule has 1 aromatic heterocycles. The Morgan fingerprint density at radius 2 is 1.78 bits per heavy atom. The van der Waals surface area contributed by atoms with E-state index in [1.54, 1.807) is 40.3 Å². The molecular weight excluding hydrogens is 705 g/mol. The number of aromatic nitrogens is 1. The average molecular weight is 766 g/mol. The number of carbonyl (C=O) groups is 3. The number of hydrazine groups is 1. The first-order valence-electron chi connectivity index (χ1n) is 19.2. The highest BCUT2D eigenvalue weighted by Gasteiger charge is 2.26. The predicted molar refractivity (Wildman–Crippen MR) is 220 cm³/mol. The molecule has 5 rings (SSSR count). The van der Waals surface area contributed by atoms with E-state index in [1.165, 1.54) is 54.5 Å². The molecular formula is C43H61ClFN5O4. The summed E-state index contributed by atoms with van der Waals surface area (Å²) in [6, 6.07) is 10.2. The van der Waals surface area contributed by atoms with Gasteiger partial charge in [-0.05, 0) is 61.4 Å². The van der Waals surface area contributed by atoms with Gasteiger partial charge in [0.2, 0.25) is 11.8 Å². The lowest BCUT2D eigenvalue weighted by atomic mass is 9.95. The monoisotopic (exact) mass is 765 g/mol. The Labute approximate surface area is 327 Å². The quantitative estimate of drug-likeness (QED) is 0.177. The van der Waals surface area contributed by atoms with Crippen molar-refractivity contribution in [2.24, 2.45) is 11.8 Å². The summed E-state index contributed by atoms with van der Waals surface area (Å²) in [5.74, 6) is 0.266. The van der Waals surface area contributed by atoms with Gasteiger partial charge in [0.1, 0.15) is 11.4 Å². The number of halogens is 2. The van der Waals surface area contributed by atoms with Crippen LogP contribution in [0.2, 0.25) is 5.02 Å². The van der Waals surface area contributed by atoms with E-state index < -0.39 is 17.6 Å². The number of rotatable bonds is 10. The van der Waals surface area contributed by atoms with E-state index in [1.807, 2.05) is 39.8 Å². The number of ether oxygens (including phenoxy) is 1. The Morgan fingerprint density at radius 1 is 1.09 bits per heavy atom. The average Bonchev–Trinajstić information content (AvgIpc) is 3.66. The molecule has 11 heteroatoms. The van der Waals surface area contributed by atoms with E-state index in [-0.39, 0.29) is 23.0 Å². The van der Waals surface area contributed by atoms with Gasteiger partial charge in [-0.1, -0.05) is 110 Å². The minimum absolute atomic E-state index is 0.0168. The standard InChI is InChI=1S/C28H26ClFN4O3.C8H18.C5H11NO.C2H6/c1-15-22(32-26(35)20-12-13-31-34(2)28(20)36)11-10-21(30)24(15)19-9-5-8-18(25(19)29)23-14-16-6-4-7-17(16)27(33-23)37-3;1-4-6-7-8(3)5-2;1-4(2)5(7)6-3;1-2/h5,8-12,14,31H,4,6-7,13H2,1-3H3,(H,32,35);8H,4-7H2,1-3H3;4H,1-3H3,(H,6,7);1-2H3. The second-order valence-electron chi connectivity index (χ2n) is 13.5. The fourth-order valence-electron chi connectivity index (χ4n) is 5.97. The molecule has 0 fully saturated rings. The maximum Gasteiger partial charge on any atom is 0.273 e. The number of amides is 3. The zero-order valence-electron chi connectivity index (χ0n) is 34.1. The zero-order chi connectivity index (χ0) is 40.5. The highest BCUT2D eigenvalue weighted by atomic mass is 35.5. The van der Waals surface area contributed by atoms with Crippen molar-refractivity contribution in [3.8, 4) is 28.3 Å². The molecule has 3 aromatic rings. The van der Waals surface area contributed by atoms with Crippen LogP contribution in [0.25, 0.3) is 22.4 Å². The zero-order valence-corrected chi connectivity index (χ0v) is 34.9. The van der Waals surface area contributed by atoms with Gasteiger partial charge < -0.3 is 15.4 Å². The predicted octanol–water partition coefficient (Wildman–Crippen LogP) is 9.49. The molecule has 1 unspecified atom stereocenters. The number of likely N-dealkylation sites (N-methyl/N-ethyl adjacent to an activating group) is 1. The van der Waals surface area contributed by atoms with E-state index in [9.17, 15) is 14.4 Å². The van der Waals surface area contributed by atoms with Crippen molar-refractivity contribution >= 4 is 35.0 Å². The van der Waals surface area contributed by atoms with E-state index in [2.05, 4.69) is 36.8 Å². The third-order valence-electron chi connectivity index (χ3n) is 9.38. The molecule has 0 saturated heterocycles. The maximum absolute atomic E-state index is 15.2. The van der Waals surface area contributed by atoms with Crippen LogP contribution in [0, 0.1) is 24.6 Å². The fourth-order valence-corrected chi connectivity index (χ4v) is 6.29. The van der Waals surface area contributed by atoms with E-state index >= 15 is 4.39 Å². The molecule has 0 saturated carbocycles. The van der Waals surface area contributed by atoms with E-state index in [0.717, 1.165) is 30.7 Å². The van der Waals surface area contributed by atoms with Gasteiger partial charge >= 0.3 is 0 Å². The number of pyridine rings is 1. The van der Waals surface area contributed by atoms with E-state index in [4.69, 9.17) is 21.3 Å². The largest absolute Gasteiger partial charge is 0.481 e. The molecule has 1 atom stereocenters. The summed E-state index contributed by atoms with van der Waals surface area (Å²) < 4.78 is 20.8. The first-order valence-corrected chi connectivity index (χ1v) is 19.6. The number of carbonyl (C=O) groups excluding carboxylic acids is 3. The molecule has 3 N–H and O–H groups in total. The number of nitrogens with one attached hydrogen (secondary N) is 3. The topological polar surface area (TPSA) is 113 Å². The van der Waals surface area contributed by atoms with Crippen LogP contribution in [0.4, 0.5) is 10.1 Å². The van der Waals surface area contributed by atoms with Crippen molar-refractivity contribution in [1.82, 2.24) is 20.7 Å². The van der Waals surface area contributed by atoms with Gasteiger partial charge in [0.05, 0.1) is 17.8 Å². The number of aryl methyl sites for hydroxylation is 1. The Kier molecular flexibility index (Phi) is 19.4. The Balaban J connectivity index is 0.000000497. The summed E-state index contributed by atoms with van der Waals surface area (Å²) in [6.45, 7) is 16.6. The van der Waals surface area contributed by atoms with Crippen molar-refractivity contribution in [1.29, 1.82) is 0 Å². The second kappa shape index (κ2) is 22.8. The molecule has 0 spiro atoms. The van der Waals surface area contributed by atoms with Crippen LogP contribution in [0.15, 0.2) is 48.0 Å². The minimum atomic E-state index is -0.562. The van der Waals surface area contributed by atoms with Crippen LogP contribution in [0.3, 0.4) is 0 Å². The van der Waals surface area contributed by atoms with Gasteiger partial charge in [-0.25, -0.2) is 14.8 Å². The summed E-state index contributed by atoms with van der Waals surface area (Å²) >= 11 is 6.88. The molecule has 1 aliphatic carbocycles. The van der Waals surface area contributed by atoms with Gasteiger partial charge in [-0.2, -0.15) is 0 Å². The molecule has 296 valence electrons. The SMILES string of the molecule is CC.CCCCC(C)CC.CNC(=O)C(C)C.COc1nc(-c2cccc(-c3c(F)ccc(NC(=O)C4=CCNN(C)C4=O)c3C)c2Cl)cc2c1CCC2. The number of benzene rings is 2. The summed E-state index contributed by atoms with van der Waals surface area (Å²) in [6.07, 6.45) is 9.97. The molecule has 2 aromatic carbocycles. The number of fused-ring (bicyclic) bond motifs is 1. The lowest BCUT2D eigenvalue weighted by Crippen LogP contribution is -2.46. The van der Waals surface area contributed by atoms with Crippen LogP contribution >= 0.6 is 11.6 Å². The number of unbranched alkanes of at least 4 members (excludes halogenated alkanes) is 1. The van der Waals surface area contributed by atoms with E-state index in [0.29, 0.717) is 45.5 Å². The number of nitrogens with zero attached hydrogens (tertiary/aromatic N) is 2. The summed E-state index contributed by atoms with van der Waals surface area (Å²) in [4.78, 5) is 40.3. The van der Waals surface area contributed by atoms with Gasteiger partial charge in [0, 0.05) is 54.5 Å². The molecule has 0 bridgehead atoms. The smallest absolute Gasteiger partial charge is 0.273 e. The van der Waals surface area contributed by atoms with Gasteiger partial charge in [0.15, 0.2) is 0 Å². The summed E-state index contributed by atoms with van der Waals surface area (Å²) in [5, 5.41) is 6.88. The summed E-state index contributed by atoms with van der Waals surface area (Å²) in [7, 11) is 4.79. The van der Waals surface area contributed by atoms with Crippen LogP contribution in [-0.4, -0.2) is 55.5 Å². The molecule has 0 radical (unpaired) electrons. The lowest BCUT2D eigenvalue weighted by molar-refractivity contribution is -0.131. The van der Waals surface area contributed by atoms with Gasteiger partial charge in [-0.15, -0.1) is 0 Å². The Morgan fingerprint density at radius 3 is 2.37 bits per heavy atom. The second-order valence-corrected chi connectivity index (χ2v) is 13.9. The maximum atomic E-state index is 15.2. The van der Waals surface area contributed by atoms with Crippen LogP contribution in [-0.2, 0) is 27.2 Å². The van der Waals surface area contributed by atoms with Gasteiger partial charge in [-0.3, -0.25) is 19.4 Å². The molecule has 1 aliphatic heterocycles. The van der Waals surface area contributed by atoms with Gasteiger partial charge in [0.25, 0.3) is 11.8 Å². The van der Waals surface area contributed by atoms with Crippen molar-refractivity contribution < 1.29 is 23.5 Å². The van der Waals surface area contributed by atoms with Crippen molar-refractivity contribution in [2.75, 3.05) is 33.1 Å². The minimum Gasteiger partial charge on any atom is -0.481 e. The Bertz CT molecular complexity index is 1760. The number of anilines is 1. The summed E-state index contributed by atoms with van der Waals surface area (Å²) in [5.41, 5.74) is 8.08. The van der Waals surface area contributed by atoms with Crippen LogP contribution in [0.5, 0.6) is 5.88 Å². The first-order chi connectivity index (χ1) is 25.8. The first kappa shape index (κ1) is 45.9. The fraction of sp³-hybridized carbons (Fsp3) is 0.488. The van der Waals surface area contributed by atoms with Crippen molar-refractivity contribution in [2.45, 2.75) is 100 Å². The normalized spacial score (nSPS) is 13.6. The molecule has 2 aliphatic rings. The molecule has 9 nitrogen and oxygen atoms in total. The Hall–Kier alpha value is -4.28. The molecule has 2 heterocycles. The van der Waals surface area contributed by atoms with Crippen LogP contribution < -0.4 is 20.8 Å². The van der Waals surface area contributed by atoms with Crippen LogP contribution in [0.1, 0.15) is 97.3 Å². The third kappa shape index (κ3) is 12.1. The number of hydrogen-bond acceptors (Lipinski definition) is 6. The highest BCUT2D eigenvalue weighted by Crippen LogP contribution is 2.42. The highest BCUT2D eigenvalue weighted by molar-refractivity contribution is 6.36. The third-order valence-corrected chi connectivity index (χ3v) is 9.79. The van der Waals surface area contributed by atoms with Crippen molar-refractivity contribution in [3.63, 3.8) is 0 Å².